The number of rotatable bonds is 6. The van der Waals surface area contributed by atoms with E-state index in [1.807, 2.05) is 0 Å². The maximum Gasteiger partial charge on any atom is 0.417 e. The molecule has 26 heavy (non-hydrogen) atoms. The molecule has 0 bridgehead atoms. The Bertz CT molecular complexity index is 890. The van der Waals surface area contributed by atoms with Crippen LogP contribution in [-0.4, -0.2) is 22.5 Å². The van der Waals surface area contributed by atoms with Crippen molar-refractivity contribution in [2.45, 2.75) is 12.7 Å². The van der Waals surface area contributed by atoms with E-state index in [-0.39, 0.29) is 16.5 Å². The van der Waals surface area contributed by atoms with Gasteiger partial charge in [0.25, 0.3) is 0 Å². The minimum absolute atomic E-state index is 0.0518. The highest BCUT2D eigenvalue weighted by Crippen LogP contribution is 2.32. The monoisotopic (exact) mass is 386 g/mol. The Kier molecular flexibility index (Phi) is 5.33. The van der Waals surface area contributed by atoms with Crippen molar-refractivity contribution in [3.8, 4) is 0 Å². The van der Waals surface area contributed by atoms with Gasteiger partial charge in [0, 0.05) is 37.7 Å². The third-order valence-electron chi connectivity index (χ3n) is 3.66. The molecule has 2 aromatic heterocycles. The Morgan fingerprint density at radius 1 is 1.08 bits per heavy atom. The number of halogens is 5. The minimum Gasteiger partial charge on any atom is -0.384 e. The van der Waals surface area contributed by atoms with Gasteiger partial charge >= 0.3 is 6.18 Å². The Labute approximate surface area is 151 Å². The molecular weight excluding hydrogens is 372 g/mol. The van der Waals surface area contributed by atoms with Crippen molar-refractivity contribution in [3.05, 3.63) is 64.8 Å². The number of imidazole rings is 1. The van der Waals surface area contributed by atoms with Crippen molar-refractivity contribution in [1.82, 2.24) is 14.7 Å². The predicted molar refractivity (Wildman–Crippen MR) is 91.8 cm³/mol. The maximum absolute atomic E-state index is 12.8. The number of anilines is 1. The Morgan fingerprint density at radius 3 is 2.50 bits per heavy atom. The zero-order valence-electron chi connectivity index (χ0n) is 13.4. The molecule has 138 valence electrons. The molecule has 0 unspecified atom stereocenters. The number of fused-ring (bicyclic) bond motifs is 1. The van der Waals surface area contributed by atoms with Crippen molar-refractivity contribution in [1.29, 1.82) is 0 Å². The van der Waals surface area contributed by atoms with Crippen molar-refractivity contribution in [2.75, 3.05) is 18.4 Å². The number of hydrogen-bond donors (Lipinski definition) is 2. The summed E-state index contributed by atoms with van der Waals surface area (Å²) in [7, 11) is 0. The first-order chi connectivity index (χ1) is 12.3. The zero-order chi connectivity index (χ0) is 18.7. The third kappa shape index (κ3) is 4.44. The van der Waals surface area contributed by atoms with Crippen LogP contribution in [0.2, 0.25) is 5.02 Å². The van der Waals surface area contributed by atoms with Gasteiger partial charge in [-0.25, -0.2) is 9.37 Å². The van der Waals surface area contributed by atoms with Gasteiger partial charge in [-0.05, 0) is 30.3 Å². The van der Waals surface area contributed by atoms with Gasteiger partial charge in [0.15, 0.2) is 5.65 Å². The molecule has 0 amide bonds. The summed E-state index contributed by atoms with van der Waals surface area (Å²) in [5.74, 6) is -0.298. The van der Waals surface area contributed by atoms with Crippen LogP contribution in [0.25, 0.3) is 5.65 Å². The first-order valence-electron chi connectivity index (χ1n) is 7.77. The van der Waals surface area contributed by atoms with Gasteiger partial charge in [-0.3, -0.25) is 0 Å². The van der Waals surface area contributed by atoms with E-state index < -0.39 is 11.7 Å². The third-order valence-corrected chi connectivity index (χ3v) is 3.94. The second-order valence-corrected chi connectivity index (χ2v) is 6.06. The van der Waals surface area contributed by atoms with Crippen LogP contribution >= 0.6 is 11.6 Å². The molecule has 0 radical (unpaired) electrons. The van der Waals surface area contributed by atoms with E-state index in [2.05, 4.69) is 15.6 Å². The molecule has 2 N–H and O–H groups in total. The second kappa shape index (κ2) is 7.51. The lowest BCUT2D eigenvalue weighted by Crippen LogP contribution is -2.21. The van der Waals surface area contributed by atoms with Crippen molar-refractivity contribution in [3.63, 3.8) is 0 Å². The van der Waals surface area contributed by atoms with Crippen LogP contribution in [0.1, 0.15) is 11.3 Å². The van der Waals surface area contributed by atoms with Crippen molar-refractivity contribution < 1.29 is 17.6 Å². The fourth-order valence-corrected chi connectivity index (χ4v) is 2.68. The molecular formula is C17H15ClF4N4. The Balaban J connectivity index is 1.56. The number of alkyl halides is 3. The largest absolute Gasteiger partial charge is 0.417 e. The molecule has 3 rings (SSSR count). The summed E-state index contributed by atoms with van der Waals surface area (Å²) in [6, 6.07) is 6.87. The van der Waals surface area contributed by atoms with Crippen LogP contribution in [0, 0.1) is 5.82 Å². The second-order valence-electron chi connectivity index (χ2n) is 5.65. The number of benzene rings is 1. The van der Waals surface area contributed by atoms with E-state index in [4.69, 9.17) is 11.6 Å². The summed E-state index contributed by atoms with van der Waals surface area (Å²) in [5, 5.41) is 6.20. The van der Waals surface area contributed by atoms with Gasteiger partial charge in [-0.2, -0.15) is 13.2 Å². The van der Waals surface area contributed by atoms with Crippen LogP contribution < -0.4 is 10.6 Å². The molecule has 0 saturated heterocycles. The van der Waals surface area contributed by atoms with E-state index in [0.29, 0.717) is 25.3 Å². The van der Waals surface area contributed by atoms with Gasteiger partial charge in [0.05, 0.1) is 16.3 Å². The van der Waals surface area contributed by atoms with Crippen molar-refractivity contribution >= 4 is 22.9 Å². The fourth-order valence-electron chi connectivity index (χ4n) is 2.43. The first kappa shape index (κ1) is 18.5. The molecule has 1 aromatic carbocycles. The number of hydrogen-bond acceptors (Lipinski definition) is 3. The molecule has 0 fully saturated rings. The lowest BCUT2D eigenvalue weighted by Gasteiger charge is -2.07. The smallest absolute Gasteiger partial charge is 0.384 e. The van der Waals surface area contributed by atoms with E-state index in [1.54, 1.807) is 12.1 Å². The number of pyridine rings is 1. The molecule has 0 saturated carbocycles. The molecule has 0 aliphatic heterocycles. The summed E-state index contributed by atoms with van der Waals surface area (Å²) in [6.45, 7) is 1.56. The highest BCUT2D eigenvalue weighted by molar-refractivity contribution is 6.33. The highest BCUT2D eigenvalue weighted by Gasteiger charge is 2.31. The van der Waals surface area contributed by atoms with Crippen LogP contribution in [0.3, 0.4) is 0 Å². The van der Waals surface area contributed by atoms with Gasteiger partial charge in [-0.15, -0.1) is 0 Å². The quantitative estimate of drug-likeness (QED) is 0.489. The normalized spacial score (nSPS) is 11.9. The summed E-state index contributed by atoms with van der Waals surface area (Å²) in [6.07, 6.45) is -1.99. The van der Waals surface area contributed by atoms with E-state index in [0.717, 1.165) is 18.0 Å². The summed E-state index contributed by atoms with van der Waals surface area (Å²) >= 11 is 5.90. The first-order valence-corrected chi connectivity index (χ1v) is 8.15. The van der Waals surface area contributed by atoms with Crippen LogP contribution in [0.15, 0.2) is 42.7 Å². The Hall–Kier alpha value is -2.32. The van der Waals surface area contributed by atoms with E-state index in [9.17, 15) is 17.6 Å². The van der Waals surface area contributed by atoms with Gasteiger partial charge in [0.2, 0.25) is 0 Å². The predicted octanol–water partition coefficient (Wildman–Crippen LogP) is 4.35. The molecule has 0 atom stereocenters. The highest BCUT2D eigenvalue weighted by atomic mass is 35.5. The van der Waals surface area contributed by atoms with Gasteiger partial charge in [0.1, 0.15) is 5.82 Å². The summed E-state index contributed by atoms with van der Waals surface area (Å²) in [5.41, 5.74) is 0.830. The summed E-state index contributed by atoms with van der Waals surface area (Å²) in [4.78, 5) is 4.24. The molecule has 4 nitrogen and oxygen atoms in total. The summed E-state index contributed by atoms with van der Waals surface area (Å²) < 4.78 is 52.5. The van der Waals surface area contributed by atoms with Gasteiger partial charge in [-0.1, -0.05) is 11.6 Å². The number of nitrogens with one attached hydrogen (secondary N) is 2. The molecule has 0 aliphatic rings. The topological polar surface area (TPSA) is 41.4 Å². The molecule has 3 aromatic rings. The zero-order valence-corrected chi connectivity index (χ0v) is 14.2. The van der Waals surface area contributed by atoms with E-state index in [1.165, 1.54) is 22.7 Å². The average Bonchev–Trinajstić information content (AvgIpc) is 2.99. The molecule has 0 aliphatic carbocycles. The van der Waals surface area contributed by atoms with Crippen LogP contribution in [-0.2, 0) is 12.7 Å². The van der Waals surface area contributed by atoms with Gasteiger partial charge < -0.3 is 15.0 Å². The standard InChI is InChI=1S/C17H15ClF4N4/c18-15-7-11(17(20,21)22)9-26-10-14(25-16(15)26)8-23-5-6-24-13-3-1-12(19)2-4-13/h1-4,7,9-10,23-24H,5-6,8H2. The SMILES string of the molecule is Fc1ccc(NCCNCc2cn3cc(C(F)(F)F)cc(Cl)c3n2)cc1. The van der Waals surface area contributed by atoms with Crippen molar-refractivity contribution in [2.24, 2.45) is 0 Å². The number of nitrogens with zero attached hydrogens (tertiary/aromatic N) is 2. The molecule has 2 heterocycles. The lowest BCUT2D eigenvalue weighted by atomic mass is 10.3. The average molecular weight is 387 g/mol. The molecule has 9 heteroatoms. The fraction of sp³-hybridized carbons (Fsp3) is 0.235. The van der Waals surface area contributed by atoms with Crippen LogP contribution in [0.5, 0.6) is 0 Å². The Morgan fingerprint density at radius 2 is 1.81 bits per heavy atom. The minimum atomic E-state index is -4.47. The molecule has 0 spiro atoms. The van der Waals surface area contributed by atoms with Crippen LogP contribution in [0.4, 0.5) is 23.2 Å². The maximum atomic E-state index is 12.8. The number of aromatic nitrogens is 2. The lowest BCUT2D eigenvalue weighted by molar-refractivity contribution is -0.137. The van der Waals surface area contributed by atoms with E-state index >= 15 is 0 Å².